The maximum atomic E-state index is 3.54. The average molecular weight is 198 g/mol. The molecule has 0 saturated heterocycles. The molecule has 1 rings (SSSR count). The third-order valence-electron chi connectivity index (χ3n) is 3.25. The molecule has 1 fully saturated rings. The Kier molecular flexibility index (Phi) is 5.49. The van der Waals surface area contributed by atoms with Gasteiger partial charge in [-0.2, -0.15) is 0 Å². The van der Waals surface area contributed by atoms with Crippen molar-refractivity contribution in [1.29, 1.82) is 0 Å². The molecule has 1 aliphatic carbocycles. The van der Waals surface area contributed by atoms with E-state index in [0.717, 1.165) is 12.6 Å². The van der Waals surface area contributed by atoms with Crippen molar-refractivity contribution in [3.63, 3.8) is 0 Å². The molecule has 1 unspecified atom stereocenters. The van der Waals surface area contributed by atoms with E-state index in [1.165, 1.54) is 38.6 Å². The van der Waals surface area contributed by atoms with Crippen LogP contribution in [0.3, 0.4) is 0 Å². The second-order valence-electron chi connectivity index (χ2n) is 4.73. The summed E-state index contributed by atoms with van der Waals surface area (Å²) in [6, 6.07) is 1.50. The Morgan fingerprint density at radius 2 is 2.00 bits per heavy atom. The van der Waals surface area contributed by atoms with E-state index in [1.807, 2.05) is 0 Å². The minimum Gasteiger partial charge on any atom is -0.313 e. The van der Waals surface area contributed by atoms with E-state index in [-0.39, 0.29) is 0 Å². The largest absolute Gasteiger partial charge is 0.313 e. The van der Waals surface area contributed by atoms with Gasteiger partial charge in [0, 0.05) is 18.6 Å². The van der Waals surface area contributed by atoms with Crippen molar-refractivity contribution in [2.45, 2.75) is 58.0 Å². The Bertz CT molecular complexity index is 141. The molecule has 0 radical (unpaired) electrons. The Balaban J connectivity index is 2.14. The average Bonchev–Trinajstić information content (AvgIpc) is 2.67. The molecule has 0 aromatic heterocycles. The summed E-state index contributed by atoms with van der Waals surface area (Å²) < 4.78 is 0. The van der Waals surface area contributed by atoms with E-state index in [0.29, 0.717) is 6.04 Å². The van der Waals surface area contributed by atoms with Gasteiger partial charge in [0.05, 0.1) is 0 Å². The van der Waals surface area contributed by atoms with Gasteiger partial charge in [-0.15, -0.1) is 0 Å². The monoisotopic (exact) mass is 198 g/mol. The first kappa shape index (κ1) is 12.0. The standard InChI is InChI=1S/C12H26N2/c1-4-9-13-11(2)10-14(3)12-7-5-6-8-12/h11-13H,4-10H2,1-3H3. The van der Waals surface area contributed by atoms with Crippen molar-refractivity contribution in [3.05, 3.63) is 0 Å². The lowest BCUT2D eigenvalue weighted by atomic mass is 10.2. The molecule has 84 valence electrons. The fourth-order valence-corrected chi connectivity index (χ4v) is 2.38. The fraction of sp³-hybridized carbons (Fsp3) is 1.00. The van der Waals surface area contributed by atoms with Crippen LogP contribution in [0.2, 0.25) is 0 Å². The summed E-state index contributed by atoms with van der Waals surface area (Å²) >= 11 is 0. The van der Waals surface area contributed by atoms with Crippen LogP contribution in [0.25, 0.3) is 0 Å². The molecule has 2 heteroatoms. The molecule has 0 spiro atoms. The molecule has 14 heavy (non-hydrogen) atoms. The molecule has 1 saturated carbocycles. The molecule has 0 aromatic carbocycles. The molecule has 0 amide bonds. The molecular formula is C12H26N2. The maximum Gasteiger partial charge on any atom is 0.0166 e. The zero-order valence-corrected chi connectivity index (χ0v) is 10.1. The first-order chi connectivity index (χ1) is 6.74. The van der Waals surface area contributed by atoms with Crippen molar-refractivity contribution in [3.8, 4) is 0 Å². The smallest absolute Gasteiger partial charge is 0.0166 e. The normalized spacial score (nSPS) is 20.6. The molecule has 0 heterocycles. The second-order valence-corrected chi connectivity index (χ2v) is 4.73. The predicted octanol–water partition coefficient (Wildman–Crippen LogP) is 2.25. The lowest BCUT2D eigenvalue weighted by Gasteiger charge is -2.27. The Hall–Kier alpha value is -0.0800. The van der Waals surface area contributed by atoms with Crippen LogP contribution in [-0.4, -0.2) is 37.1 Å². The molecular weight excluding hydrogens is 172 g/mol. The third kappa shape index (κ3) is 3.97. The highest BCUT2D eigenvalue weighted by molar-refractivity contribution is 4.77. The van der Waals surface area contributed by atoms with Crippen LogP contribution in [0, 0.1) is 0 Å². The van der Waals surface area contributed by atoms with Gasteiger partial charge in [-0.3, -0.25) is 0 Å². The molecule has 2 nitrogen and oxygen atoms in total. The van der Waals surface area contributed by atoms with Crippen LogP contribution in [-0.2, 0) is 0 Å². The second kappa shape index (κ2) is 6.41. The van der Waals surface area contributed by atoms with Crippen molar-refractivity contribution in [2.75, 3.05) is 20.1 Å². The van der Waals surface area contributed by atoms with Gasteiger partial charge in [0.15, 0.2) is 0 Å². The quantitative estimate of drug-likeness (QED) is 0.704. The van der Waals surface area contributed by atoms with Crippen LogP contribution >= 0.6 is 0 Å². The van der Waals surface area contributed by atoms with Crippen molar-refractivity contribution in [2.24, 2.45) is 0 Å². The number of likely N-dealkylation sites (N-methyl/N-ethyl adjacent to an activating group) is 1. The lowest BCUT2D eigenvalue weighted by molar-refractivity contribution is 0.223. The van der Waals surface area contributed by atoms with E-state index in [1.54, 1.807) is 0 Å². The van der Waals surface area contributed by atoms with E-state index >= 15 is 0 Å². The predicted molar refractivity (Wildman–Crippen MR) is 62.6 cm³/mol. The molecule has 1 aliphatic rings. The van der Waals surface area contributed by atoms with Crippen LogP contribution in [0.4, 0.5) is 0 Å². The van der Waals surface area contributed by atoms with Gasteiger partial charge in [-0.05, 0) is 39.8 Å². The summed E-state index contributed by atoms with van der Waals surface area (Å²) in [6.07, 6.45) is 6.93. The van der Waals surface area contributed by atoms with Gasteiger partial charge < -0.3 is 10.2 Å². The van der Waals surface area contributed by atoms with Crippen LogP contribution in [0.1, 0.15) is 46.0 Å². The molecule has 0 aliphatic heterocycles. The highest BCUT2D eigenvalue weighted by Crippen LogP contribution is 2.22. The zero-order chi connectivity index (χ0) is 10.4. The van der Waals surface area contributed by atoms with Gasteiger partial charge in [-0.1, -0.05) is 19.8 Å². The number of hydrogen-bond acceptors (Lipinski definition) is 2. The first-order valence-electron chi connectivity index (χ1n) is 6.17. The summed E-state index contributed by atoms with van der Waals surface area (Å²) in [4.78, 5) is 2.54. The van der Waals surface area contributed by atoms with E-state index in [4.69, 9.17) is 0 Å². The Morgan fingerprint density at radius 1 is 1.36 bits per heavy atom. The highest BCUT2D eigenvalue weighted by atomic mass is 15.2. The van der Waals surface area contributed by atoms with E-state index in [2.05, 4.69) is 31.1 Å². The lowest BCUT2D eigenvalue weighted by Crippen LogP contribution is -2.41. The highest BCUT2D eigenvalue weighted by Gasteiger charge is 2.20. The van der Waals surface area contributed by atoms with Crippen LogP contribution < -0.4 is 5.32 Å². The van der Waals surface area contributed by atoms with Gasteiger partial charge >= 0.3 is 0 Å². The molecule has 1 N–H and O–H groups in total. The summed E-state index contributed by atoms with van der Waals surface area (Å²) in [6.45, 7) is 6.87. The number of rotatable bonds is 6. The minimum absolute atomic E-state index is 0.639. The number of nitrogens with zero attached hydrogens (tertiary/aromatic N) is 1. The summed E-state index contributed by atoms with van der Waals surface area (Å²) in [5.41, 5.74) is 0. The summed E-state index contributed by atoms with van der Waals surface area (Å²) in [7, 11) is 2.28. The van der Waals surface area contributed by atoms with Gasteiger partial charge in [0.2, 0.25) is 0 Å². The summed E-state index contributed by atoms with van der Waals surface area (Å²) in [5, 5.41) is 3.54. The zero-order valence-electron chi connectivity index (χ0n) is 10.1. The number of nitrogens with one attached hydrogen (secondary N) is 1. The Morgan fingerprint density at radius 3 is 2.57 bits per heavy atom. The SMILES string of the molecule is CCCNC(C)CN(C)C1CCCC1. The maximum absolute atomic E-state index is 3.54. The summed E-state index contributed by atoms with van der Waals surface area (Å²) in [5.74, 6) is 0. The van der Waals surface area contributed by atoms with Gasteiger partial charge in [0.1, 0.15) is 0 Å². The minimum atomic E-state index is 0.639. The molecule has 1 atom stereocenters. The molecule has 0 bridgehead atoms. The van der Waals surface area contributed by atoms with Crippen molar-refractivity contribution >= 4 is 0 Å². The Labute approximate surface area is 89.1 Å². The van der Waals surface area contributed by atoms with Gasteiger partial charge in [-0.25, -0.2) is 0 Å². The number of hydrogen-bond donors (Lipinski definition) is 1. The van der Waals surface area contributed by atoms with Crippen molar-refractivity contribution < 1.29 is 0 Å². The van der Waals surface area contributed by atoms with Crippen molar-refractivity contribution in [1.82, 2.24) is 10.2 Å². The van der Waals surface area contributed by atoms with E-state index < -0.39 is 0 Å². The van der Waals surface area contributed by atoms with Crippen LogP contribution in [0.5, 0.6) is 0 Å². The van der Waals surface area contributed by atoms with E-state index in [9.17, 15) is 0 Å². The molecule has 0 aromatic rings. The van der Waals surface area contributed by atoms with Crippen LogP contribution in [0.15, 0.2) is 0 Å². The third-order valence-corrected chi connectivity index (χ3v) is 3.25. The fourth-order valence-electron chi connectivity index (χ4n) is 2.38. The topological polar surface area (TPSA) is 15.3 Å². The first-order valence-corrected chi connectivity index (χ1v) is 6.17. The van der Waals surface area contributed by atoms with Gasteiger partial charge in [0.25, 0.3) is 0 Å².